The van der Waals surface area contributed by atoms with Crippen molar-refractivity contribution in [1.29, 1.82) is 0 Å². The molecule has 1 saturated heterocycles. The molecule has 2 fully saturated rings. The van der Waals surface area contributed by atoms with Crippen LogP contribution in [0.1, 0.15) is 37.3 Å². The van der Waals surface area contributed by atoms with Crippen LogP contribution in [-0.2, 0) is 0 Å². The lowest BCUT2D eigenvalue weighted by Gasteiger charge is -2.31. The molecule has 0 radical (unpaired) electrons. The fourth-order valence-corrected chi connectivity index (χ4v) is 2.95. The predicted octanol–water partition coefficient (Wildman–Crippen LogP) is 1.53. The van der Waals surface area contributed by atoms with Gasteiger partial charge in [-0.1, -0.05) is 0 Å². The summed E-state index contributed by atoms with van der Waals surface area (Å²) in [4.78, 5) is 6.88. The molecule has 1 aliphatic carbocycles. The predicted molar refractivity (Wildman–Crippen MR) is 74.4 cm³/mol. The number of aromatic nitrogens is 3. The lowest BCUT2D eigenvalue weighted by atomic mass is 10.1. The summed E-state index contributed by atoms with van der Waals surface area (Å²) < 4.78 is 1.97. The number of hydrogen-bond acceptors (Lipinski definition) is 4. The second-order valence-corrected chi connectivity index (χ2v) is 5.77. The van der Waals surface area contributed by atoms with Crippen molar-refractivity contribution in [1.82, 2.24) is 14.6 Å². The van der Waals surface area contributed by atoms with Crippen molar-refractivity contribution in [2.45, 2.75) is 37.6 Å². The van der Waals surface area contributed by atoms with E-state index in [1.165, 1.54) is 18.5 Å². The van der Waals surface area contributed by atoms with Crippen LogP contribution in [0.2, 0.25) is 0 Å². The molecule has 5 heteroatoms. The molecule has 2 aliphatic rings. The van der Waals surface area contributed by atoms with E-state index in [1.54, 1.807) is 0 Å². The fraction of sp³-hybridized carbons (Fsp3) is 0.571. The Labute approximate surface area is 112 Å². The molecule has 1 aliphatic heterocycles. The van der Waals surface area contributed by atoms with E-state index >= 15 is 0 Å². The summed E-state index contributed by atoms with van der Waals surface area (Å²) in [6, 6.07) is 2.47. The monoisotopic (exact) mass is 257 g/mol. The minimum Gasteiger partial charge on any atom is -0.353 e. The minimum absolute atomic E-state index is 0.265. The molecule has 0 bridgehead atoms. The Balaban J connectivity index is 1.75. The molecule has 19 heavy (non-hydrogen) atoms. The van der Waals surface area contributed by atoms with Gasteiger partial charge in [0.1, 0.15) is 5.52 Å². The fourth-order valence-electron chi connectivity index (χ4n) is 2.95. The van der Waals surface area contributed by atoms with E-state index in [9.17, 15) is 0 Å². The van der Waals surface area contributed by atoms with Gasteiger partial charge in [0, 0.05) is 37.4 Å². The van der Waals surface area contributed by atoms with E-state index in [1.807, 2.05) is 16.9 Å². The van der Waals surface area contributed by atoms with Gasteiger partial charge in [-0.25, -0.2) is 9.50 Å². The first kappa shape index (κ1) is 11.2. The lowest BCUT2D eigenvalue weighted by molar-refractivity contribution is 0.503. The van der Waals surface area contributed by atoms with Gasteiger partial charge in [0.15, 0.2) is 5.82 Å². The molecule has 4 rings (SSSR count). The Kier molecular flexibility index (Phi) is 2.48. The van der Waals surface area contributed by atoms with E-state index in [4.69, 9.17) is 5.73 Å². The van der Waals surface area contributed by atoms with Crippen molar-refractivity contribution in [3.8, 4) is 0 Å². The van der Waals surface area contributed by atoms with Gasteiger partial charge in [-0.05, 0) is 31.7 Å². The van der Waals surface area contributed by atoms with Crippen molar-refractivity contribution < 1.29 is 0 Å². The third kappa shape index (κ3) is 1.98. The quantitative estimate of drug-likeness (QED) is 0.886. The van der Waals surface area contributed by atoms with Gasteiger partial charge < -0.3 is 10.6 Å². The van der Waals surface area contributed by atoms with Crippen LogP contribution in [0, 0.1) is 0 Å². The first-order chi connectivity index (χ1) is 9.31. The number of piperidine rings is 1. The van der Waals surface area contributed by atoms with Gasteiger partial charge in [-0.2, -0.15) is 5.10 Å². The van der Waals surface area contributed by atoms with E-state index in [0.29, 0.717) is 5.92 Å². The molecule has 0 unspecified atom stereocenters. The van der Waals surface area contributed by atoms with Crippen molar-refractivity contribution in [2.24, 2.45) is 5.73 Å². The van der Waals surface area contributed by atoms with E-state index in [2.05, 4.69) is 21.0 Å². The summed E-state index contributed by atoms with van der Waals surface area (Å²) >= 11 is 0. The zero-order valence-corrected chi connectivity index (χ0v) is 11.0. The normalized spacial score (nSPS) is 24.1. The van der Waals surface area contributed by atoms with Gasteiger partial charge in [-0.3, -0.25) is 0 Å². The molecule has 3 heterocycles. The summed E-state index contributed by atoms with van der Waals surface area (Å²) in [5, 5.41) is 4.67. The zero-order valence-electron chi connectivity index (χ0n) is 11.0. The molecular formula is C14H19N5. The Hall–Kier alpha value is -1.62. The Bertz CT molecular complexity index is 601. The third-order valence-electron chi connectivity index (χ3n) is 4.14. The second kappa shape index (κ2) is 4.20. The Morgan fingerprint density at radius 1 is 1.26 bits per heavy atom. The maximum atomic E-state index is 6.08. The van der Waals surface area contributed by atoms with Crippen LogP contribution in [0.5, 0.6) is 0 Å². The lowest BCUT2D eigenvalue weighted by Crippen LogP contribution is -2.43. The van der Waals surface area contributed by atoms with Gasteiger partial charge in [0.25, 0.3) is 0 Å². The van der Waals surface area contributed by atoms with Crippen molar-refractivity contribution in [2.75, 3.05) is 18.0 Å². The molecule has 2 N–H and O–H groups in total. The van der Waals surface area contributed by atoms with Gasteiger partial charge in [0.2, 0.25) is 0 Å². The Morgan fingerprint density at radius 3 is 2.95 bits per heavy atom. The summed E-state index contributed by atoms with van der Waals surface area (Å²) in [6.07, 6.45) is 8.60. The number of fused-ring (bicyclic) bond motifs is 1. The van der Waals surface area contributed by atoms with Crippen molar-refractivity contribution in [3.63, 3.8) is 0 Å². The molecule has 0 amide bonds. The van der Waals surface area contributed by atoms with Crippen LogP contribution >= 0.6 is 0 Å². The third-order valence-corrected chi connectivity index (χ3v) is 4.14. The van der Waals surface area contributed by atoms with Crippen LogP contribution in [0.25, 0.3) is 5.52 Å². The average molecular weight is 257 g/mol. The summed E-state index contributed by atoms with van der Waals surface area (Å²) in [6.45, 7) is 1.95. The van der Waals surface area contributed by atoms with Crippen LogP contribution in [0.15, 0.2) is 18.5 Å². The first-order valence-corrected chi connectivity index (χ1v) is 7.16. The number of nitrogens with two attached hydrogens (primary N) is 1. The standard InChI is InChI=1S/C14H19N5/c15-11-2-1-6-18(9-11)14-13-8-12(10-3-4-10)17-19(13)7-5-16-14/h5,7-8,10-11H,1-4,6,9,15H2/t11-/m1/s1. The van der Waals surface area contributed by atoms with Crippen LogP contribution < -0.4 is 10.6 Å². The number of nitrogens with zero attached hydrogens (tertiary/aromatic N) is 4. The largest absolute Gasteiger partial charge is 0.353 e. The summed E-state index contributed by atoms with van der Waals surface area (Å²) in [5.74, 6) is 1.72. The van der Waals surface area contributed by atoms with Crippen LogP contribution in [0.4, 0.5) is 5.82 Å². The minimum atomic E-state index is 0.265. The smallest absolute Gasteiger partial charge is 0.154 e. The van der Waals surface area contributed by atoms with Crippen molar-refractivity contribution >= 4 is 11.3 Å². The summed E-state index contributed by atoms with van der Waals surface area (Å²) in [7, 11) is 0. The molecule has 0 spiro atoms. The van der Waals surface area contributed by atoms with Gasteiger partial charge in [-0.15, -0.1) is 0 Å². The average Bonchev–Trinajstić information content (AvgIpc) is 3.17. The molecule has 2 aromatic heterocycles. The highest BCUT2D eigenvalue weighted by molar-refractivity contribution is 5.69. The van der Waals surface area contributed by atoms with E-state index in [0.717, 1.165) is 37.3 Å². The Morgan fingerprint density at radius 2 is 2.16 bits per heavy atom. The number of hydrogen-bond donors (Lipinski definition) is 1. The van der Waals surface area contributed by atoms with Gasteiger partial charge in [0.05, 0.1) is 5.69 Å². The second-order valence-electron chi connectivity index (χ2n) is 5.77. The van der Waals surface area contributed by atoms with Crippen molar-refractivity contribution in [3.05, 3.63) is 24.2 Å². The molecular weight excluding hydrogens is 238 g/mol. The van der Waals surface area contributed by atoms with Crippen LogP contribution in [-0.4, -0.2) is 33.7 Å². The number of anilines is 1. The van der Waals surface area contributed by atoms with Gasteiger partial charge >= 0.3 is 0 Å². The van der Waals surface area contributed by atoms with E-state index < -0.39 is 0 Å². The highest BCUT2D eigenvalue weighted by Gasteiger charge is 2.27. The molecule has 2 aromatic rings. The SMILES string of the molecule is N[C@@H]1CCCN(c2nccn3nc(C4CC4)cc23)C1. The molecule has 1 atom stereocenters. The maximum absolute atomic E-state index is 6.08. The topological polar surface area (TPSA) is 59.5 Å². The highest BCUT2D eigenvalue weighted by atomic mass is 15.3. The summed E-state index contributed by atoms with van der Waals surface area (Å²) in [5.41, 5.74) is 8.42. The van der Waals surface area contributed by atoms with Crippen LogP contribution in [0.3, 0.4) is 0 Å². The molecule has 100 valence electrons. The van der Waals surface area contributed by atoms with E-state index in [-0.39, 0.29) is 6.04 Å². The molecule has 0 aromatic carbocycles. The highest BCUT2D eigenvalue weighted by Crippen LogP contribution is 2.40. The number of rotatable bonds is 2. The molecule has 5 nitrogen and oxygen atoms in total. The molecule has 1 saturated carbocycles. The maximum Gasteiger partial charge on any atom is 0.154 e. The zero-order chi connectivity index (χ0) is 12.8. The first-order valence-electron chi connectivity index (χ1n) is 7.16.